The zero-order valence-electron chi connectivity index (χ0n) is 6.19. The molecule has 0 unspecified atom stereocenters. The van der Waals surface area contributed by atoms with Gasteiger partial charge in [0, 0.05) is 5.57 Å². The van der Waals surface area contributed by atoms with E-state index >= 15 is 0 Å². The Morgan fingerprint density at radius 2 is 1.78 bits per heavy atom. The number of rotatable bonds is 2. The molecule has 0 radical (unpaired) electrons. The van der Waals surface area contributed by atoms with Crippen LogP contribution in [0, 0.1) is 0 Å². The highest BCUT2D eigenvalue weighted by molar-refractivity contribution is 5.96. The summed E-state index contributed by atoms with van der Waals surface area (Å²) in [7, 11) is 0. The first kappa shape index (κ1) is 8.15. The molecule has 0 aromatic carbocycles. The van der Waals surface area contributed by atoms with E-state index in [0.717, 1.165) is 11.1 Å². The minimum absolute atomic E-state index is 0.0880. The Balaban J connectivity index is 4.55. The van der Waals surface area contributed by atoms with E-state index in [0.29, 0.717) is 0 Å². The van der Waals surface area contributed by atoms with Crippen molar-refractivity contribution < 1.29 is 4.79 Å². The molecule has 0 bridgehead atoms. The van der Waals surface area contributed by atoms with Gasteiger partial charge in [0.25, 0.3) is 0 Å². The van der Waals surface area contributed by atoms with Crippen molar-refractivity contribution in [3.8, 4) is 0 Å². The highest BCUT2D eigenvalue weighted by Gasteiger charge is 1.98. The monoisotopic (exact) mass is 124 g/mol. The average Bonchev–Trinajstić information content (AvgIpc) is 1.64. The molecule has 0 N–H and O–H groups in total. The number of carbonyl (C=O) groups excluding carboxylic acids is 1. The van der Waals surface area contributed by atoms with Crippen LogP contribution >= 0.6 is 0 Å². The van der Waals surface area contributed by atoms with Crippen LogP contribution in [0.4, 0.5) is 0 Å². The zero-order chi connectivity index (χ0) is 7.44. The molecule has 0 aliphatic carbocycles. The quantitative estimate of drug-likeness (QED) is 0.407. The van der Waals surface area contributed by atoms with Gasteiger partial charge >= 0.3 is 0 Å². The average molecular weight is 124 g/mol. The Bertz CT molecular complexity index is 159. The van der Waals surface area contributed by atoms with Crippen molar-refractivity contribution in [1.82, 2.24) is 0 Å². The Morgan fingerprint density at radius 3 is 1.78 bits per heavy atom. The van der Waals surface area contributed by atoms with Crippen LogP contribution in [-0.2, 0) is 4.79 Å². The molecule has 0 aliphatic heterocycles. The molecular formula is C8H12O. The second-order valence-electron chi connectivity index (χ2n) is 2.17. The standard InChI is InChI=1S/C8H12O/c1-5-8(6(2)3)7(4)9/h5H,1H2,2-4H3. The maximum absolute atomic E-state index is 10.7. The molecule has 0 atom stereocenters. The van der Waals surface area contributed by atoms with Gasteiger partial charge < -0.3 is 0 Å². The Hall–Kier alpha value is -0.850. The third-order valence-corrected chi connectivity index (χ3v) is 1.12. The molecule has 0 rings (SSSR count). The summed E-state index contributed by atoms with van der Waals surface area (Å²) >= 11 is 0. The summed E-state index contributed by atoms with van der Waals surface area (Å²) in [6.45, 7) is 8.87. The molecule has 0 aromatic heterocycles. The Kier molecular flexibility index (Phi) is 2.93. The predicted octanol–water partition coefficient (Wildman–Crippen LogP) is 2.10. The Morgan fingerprint density at radius 1 is 1.33 bits per heavy atom. The van der Waals surface area contributed by atoms with Crippen LogP contribution in [0.5, 0.6) is 0 Å². The molecular weight excluding hydrogens is 112 g/mol. The minimum atomic E-state index is 0.0880. The van der Waals surface area contributed by atoms with Crippen LogP contribution in [0.25, 0.3) is 0 Å². The lowest BCUT2D eigenvalue weighted by molar-refractivity contribution is -0.113. The van der Waals surface area contributed by atoms with Gasteiger partial charge in [0.15, 0.2) is 5.78 Å². The largest absolute Gasteiger partial charge is 0.295 e. The molecule has 1 heteroatoms. The highest BCUT2D eigenvalue weighted by atomic mass is 16.1. The van der Waals surface area contributed by atoms with Crippen molar-refractivity contribution in [3.05, 3.63) is 23.8 Å². The lowest BCUT2D eigenvalue weighted by Gasteiger charge is -1.96. The van der Waals surface area contributed by atoms with Crippen LogP contribution in [-0.4, -0.2) is 5.78 Å². The summed E-state index contributed by atoms with van der Waals surface area (Å²) in [6.07, 6.45) is 1.59. The molecule has 0 aromatic rings. The fourth-order valence-corrected chi connectivity index (χ4v) is 0.700. The predicted molar refractivity (Wildman–Crippen MR) is 39.3 cm³/mol. The van der Waals surface area contributed by atoms with Crippen molar-refractivity contribution in [2.24, 2.45) is 0 Å². The fraction of sp³-hybridized carbons (Fsp3) is 0.375. The van der Waals surface area contributed by atoms with Crippen LogP contribution in [0.1, 0.15) is 20.8 Å². The van der Waals surface area contributed by atoms with Crippen molar-refractivity contribution in [2.45, 2.75) is 20.8 Å². The van der Waals surface area contributed by atoms with E-state index in [4.69, 9.17) is 0 Å². The van der Waals surface area contributed by atoms with E-state index in [1.807, 2.05) is 13.8 Å². The van der Waals surface area contributed by atoms with Gasteiger partial charge in [-0.2, -0.15) is 0 Å². The molecule has 0 spiro atoms. The van der Waals surface area contributed by atoms with Gasteiger partial charge in [-0.1, -0.05) is 18.2 Å². The summed E-state index contributed by atoms with van der Waals surface area (Å²) in [5.74, 6) is 0.0880. The maximum Gasteiger partial charge on any atom is 0.159 e. The van der Waals surface area contributed by atoms with E-state index in [1.54, 1.807) is 13.0 Å². The first-order valence-electron chi connectivity index (χ1n) is 2.90. The van der Waals surface area contributed by atoms with Gasteiger partial charge in [0.2, 0.25) is 0 Å². The molecule has 0 saturated carbocycles. The molecule has 9 heavy (non-hydrogen) atoms. The number of hydrogen-bond acceptors (Lipinski definition) is 1. The van der Waals surface area contributed by atoms with Crippen molar-refractivity contribution >= 4 is 5.78 Å². The lowest BCUT2D eigenvalue weighted by atomic mass is 10.1. The third kappa shape index (κ3) is 2.27. The van der Waals surface area contributed by atoms with Crippen LogP contribution in [0.15, 0.2) is 23.8 Å². The zero-order valence-corrected chi connectivity index (χ0v) is 6.19. The van der Waals surface area contributed by atoms with Crippen LogP contribution < -0.4 is 0 Å². The van der Waals surface area contributed by atoms with Gasteiger partial charge in [-0.3, -0.25) is 4.79 Å². The van der Waals surface area contributed by atoms with Crippen molar-refractivity contribution in [3.63, 3.8) is 0 Å². The topological polar surface area (TPSA) is 17.1 Å². The minimum Gasteiger partial charge on any atom is -0.295 e. The number of allylic oxidation sites excluding steroid dienone is 3. The van der Waals surface area contributed by atoms with E-state index in [1.165, 1.54) is 0 Å². The van der Waals surface area contributed by atoms with Gasteiger partial charge in [-0.15, -0.1) is 0 Å². The lowest BCUT2D eigenvalue weighted by Crippen LogP contribution is -1.94. The van der Waals surface area contributed by atoms with Gasteiger partial charge in [0.05, 0.1) is 0 Å². The number of Topliss-reactive ketones (excluding diaryl/α,β-unsaturated/α-hetero) is 1. The smallest absolute Gasteiger partial charge is 0.159 e. The van der Waals surface area contributed by atoms with E-state index in [2.05, 4.69) is 6.58 Å². The molecule has 50 valence electrons. The molecule has 0 fully saturated rings. The summed E-state index contributed by atoms with van der Waals surface area (Å²) in [5.41, 5.74) is 1.76. The van der Waals surface area contributed by atoms with Crippen molar-refractivity contribution in [2.75, 3.05) is 0 Å². The van der Waals surface area contributed by atoms with Crippen LogP contribution in [0.3, 0.4) is 0 Å². The third-order valence-electron chi connectivity index (χ3n) is 1.12. The maximum atomic E-state index is 10.7. The van der Waals surface area contributed by atoms with Crippen molar-refractivity contribution in [1.29, 1.82) is 0 Å². The fourth-order valence-electron chi connectivity index (χ4n) is 0.700. The summed E-state index contributed by atoms with van der Waals surface area (Å²) in [4.78, 5) is 10.7. The summed E-state index contributed by atoms with van der Waals surface area (Å²) in [5, 5.41) is 0. The molecule has 0 saturated heterocycles. The molecule has 1 nitrogen and oxygen atoms in total. The molecule has 0 heterocycles. The SMILES string of the molecule is C=CC(C(C)=O)=C(C)C. The Labute approximate surface area is 56.1 Å². The normalized spacial score (nSPS) is 8.33. The second kappa shape index (κ2) is 3.23. The van der Waals surface area contributed by atoms with Gasteiger partial charge in [-0.05, 0) is 20.8 Å². The molecule has 0 amide bonds. The highest BCUT2D eigenvalue weighted by Crippen LogP contribution is 2.04. The summed E-state index contributed by atoms with van der Waals surface area (Å²) < 4.78 is 0. The number of ketones is 1. The summed E-state index contributed by atoms with van der Waals surface area (Å²) in [6, 6.07) is 0. The first-order valence-corrected chi connectivity index (χ1v) is 2.90. The van der Waals surface area contributed by atoms with Crippen LogP contribution in [0.2, 0.25) is 0 Å². The molecule has 0 aliphatic rings. The number of carbonyl (C=O) groups is 1. The first-order chi connectivity index (χ1) is 4.09. The van der Waals surface area contributed by atoms with E-state index in [9.17, 15) is 4.79 Å². The second-order valence-corrected chi connectivity index (χ2v) is 2.17. The van der Waals surface area contributed by atoms with E-state index < -0.39 is 0 Å². The van der Waals surface area contributed by atoms with Gasteiger partial charge in [-0.25, -0.2) is 0 Å². The van der Waals surface area contributed by atoms with E-state index in [-0.39, 0.29) is 5.78 Å². The number of hydrogen-bond donors (Lipinski definition) is 0. The van der Waals surface area contributed by atoms with Gasteiger partial charge in [0.1, 0.15) is 0 Å².